The molecule has 3 N–H and O–H groups in total. The summed E-state index contributed by atoms with van der Waals surface area (Å²) < 4.78 is 0. The topological polar surface area (TPSA) is 78.5 Å². The quantitative estimate of drug-likeness (QED) is 0.753. The Kier molecular flexibility index (Phi) is 2.61. The molecule has 1 aromatic heterocycles. The third-order valence-electron chi connectivity index (χ3n) is 1.83. The number of hydrogen-bond donors (Lipinski definition) is 2. The molecule has 2 rings (SSSR count). The van der Waals surface area contributed by atoms with Crippen LogP contribution in [0.25, 0.3) is 0 Å². The lowest BCUT2D eigenvalue weighted by molar-refractivity contribution is 1.06. The van der Waals surface area contributed by atoms with E-state index in [1.54, 1.807) is 24.5 Å². The van der Waals surface area contributed by atoms with E-state index in [9.17, 15) is 0 Å². The van der Waals surface area contributed by atoms with Crippen molar-refractivity contribution in [2.24, 2.45) is 0 Å². The molecule has 0 saturated heterocycles. The highest BCUT2D eigenvalue weighted by atomic mass is 32.2. The van der Waals surface area contributed by atoms with E-state index < -0.39 is 0 Å². The average Bonchev–Trinajstić information content (AvgIpc) is 2.73. The Bertz CT molecular complexity index is 499. The van der Waals surface area contributed by atoms with Crippen LogP contribution in [0.1, 0.15) is 5.56 Å². The highest BCUT2D eigenvalue weighted by Gasteiger charge is 2.03. The number of hydrogen-bond acceptors (Lipinski definition) is 4. The summed E-state index contributed by atoms with van der Waals surface area (Å²) in [6.07, 6.45) is 3.44. The summed E-state index contributed by atoms with van der Waals surface area (Å²) in [5, 5.41) is 9.60. The fourth-order valence-corrected chi connectivity index (χ4v) is 1.89. The van der Waals surface area contributed by atoms with E-state index in [2.05, 4.69) is 9.97 Å². The molecule has 0 aliphatic rings. The van der Waals surface area contributed by atoms with Crippen molar-refractivity contribution in [3.05, 3.63) is 36.2 Å². The van der Waals surface area contributed by atoms with Crippen LogP contribution in [0, 0.1) is 11.3 Å². The number of aromatic nitrogens is 2. The first kappa shape index (κ1) is 9.62. The third-order valence-corrected chi connectivity index (χ3v) is 2.74. The molecule has 0 radical (unpaired) electrons. The lowest BCUT2D eigenvalue weighted by Crippen LogP contribution is -1.89. The van der Waals surface area contributed by atoms with E-state index in [1.807, 2.05) is 12.1 Å². The van der Waals surface area contributed by atoms with E-state index in [0.29, 0.717) is 11.3 Å². The molecule has 0 unspecified atom stereocenters. The second-order valence-electron chi connectivity index (χ2n) is 2.86. The Morgan fingerprint density at radius 1 is 1.47 bits per heavy atom. The summed E-state index contributed by atoms with van der Waals surface area (Å²) >= 11 is 1.46. The average molecular weight is 216 g/mol. The molecule has 0 saturated carbocycles. The smallest absolute Gasteiger partial charge is 0.170 e. The van der Waals surface area contributed by atoms with Crippen molar-refractivity contribution in [2.75, 3.05) is 5.73 Å². The zero-order chi connectivity index (χ0) is 10.7. The van der Waals surface area contributed by atoms with E-state index in [0.717, 1.165) is 10.1 Å². The summed E-state index contributed by atoms with van der Waals surface area (Å²) in [5.74, 6) is 0. The molecule has 0 atom stereocenters. The molecule has 1 heterocycles. The van der Waals surface area contributed by atoms with Crippen molar-refractivity contribution in [2.45, 2.75) is 10.1 Å². The lowest BCUT2D eigenvalue weighted by Gasteiger charge is -2.00. The molecular weight excluding hydrogens is 208 g/mol. The summed E-state index contributed by atoms with van der Waals surface area (Å²) in [4.78, 5) is 8.00. The summed E-state index contributed by atoms with van der Waals surface area (Å²) in [7, 11) is 0. The zero-order valence-corrected chi connectivity index (χ0v) is 8.58. The second-order valence-corrected chi connectivity index (χ2v) is 3.92. The van der Waals surface area contributed by atoms with E-state index in [1.165, 1.54) is 11.8 Å². The standard InChI is InChI=1S/C10H8N4S/c11-6-7-5-8(1-2-9(7)12)15-10-13-3-4-14-10/h1-5H,12H2,(H,13,14). The molecule has 0 aliphatic carbocycles. The lowest BCUT2D eigenvalue weighted by atomic mass is 10.2. The van der Waals surface area contributed by atoms with Crippen LogP contribution in [0.4, 0.5) is 5.69 Å². The van der Waals surface area contributed by atoms with Crippen LogP contribution in [0.3, 0.4) is 0 Å². The third kappa shape index (κ3) is 2.11. The van der Waals surface area contributed by atoms with Crippen molar-refractivity contribution in [1.29, 1.82) is 5.26 Å². The summed E-state index contributed by atoms with van der Waals surface area (Å²) in [5.41, 5.74) is 6.61. The van der Waals surface area contributed by atoms with Crippen LogP contribution in [0.5, 0.6) is 0 Å². The SMILES string of the molecule is N#Cc1cc(Sc2ncc[nH]2)ccc1N. The van der Waals surface area contributed by atoms with Gasteiger partial charge in [-0.1, -0.05) is 11.8 Å². The molecule has 5 heteroatoms. The van der Waals surface area contributed by atoms with Gasteiger partial charge in [0.05, 0.1) is 5.56 Å². The number of aromatic amines is 1. The van der Waals surface area contributed by atoms with Gasteiger partial charge in [0, 0.05) is 23.0 Å². The highest BCUT2D eigenvalue weighted by molar-refractivity contribution is 7.99. The van der Waals surface area contributed by atoms with Gasteiger partial charge in [0.15, 0.2) is 5.16 Å². The van der Waals surface area contributed by atoms with Gasteiger partial charge in [0.1, 0.15) is 6.07 Å². The van der Waals surface area contributed by atoms with Crippen LogP contribution >= 0.6 is 11.8 Å². The monoisotopic (exact) mass is 216 g/mol. The van der Waals surface area contributed by atoms with Crippen molar-refractivity contribution in [1.82, 2.24) is 9.97 Å². The minimum atomic E-state index is 0.492. The van der Waals surface area contributed by atoms with Crippen LogP contribution in [0.2, 0.25) is 0 Å². The van der Waals surface area contributed by atoms with Crippen LogP contribution in [-0.2, 0) is 0 Å². The van der Waals surface area contributed by atoms with E-state index in [-0.39, 0.29) is 0 Å². The Morgan fingerprint density at radius 2 is 2.33 bits per heavy atom. The van der Waals surface area contributed by atoms with Crippen LogP contribution in [-0.4, -0.2) is 9.97 Å². The summed E-state index contributed by atoms with van der Waals surface area (Å²) in [6.45, 7) is 0. The van der Waals surface area contributed by atoms with Gasteiger partial charge in [-0.3, -0.25) is 0 Å². The molecule has 0 bridgehead atoms. The first-order valence-corrected chi connectivity index (χ1v) is 5.08. The second kappa shape index (κ2) is 4.07. The maximum absolute atomic E-state index is 8.81. The van der Waals surface area contributed by atoms with Crippen LogP contribution < -0.4 is 5.73 Å². The molecule has 2 aromatic rings. The molecule has 0 aliphatic heterocycles. The van der Waals surface area contributed by atoms with E-state index in [4.69, 9.17) is 11.0 Å². The number of rotatable bonds is 2. The minimum absolute atomic E-state index is 0.492. The first-order chi connectivity index (χ1) is 7.29. The zero-order valence-electron chi connectivity index (χ0n) is 7.77. The summed E-state index contributed by atoms with van der Waals surface area (Å²) in [6, 6.07) is 7.39. The number of nitrogen functional groups attached to an aromatic ring is 1. The molecule has 0 fully saturated rings. The van der Waals surface area contributed by atoms with Crippen molar-refractivity contribution >= 4 is 17.4 Å². The molecule has 4 nitrogen and oxygen atoms in total. The van der Waals surface area contributed by atoms with Gasteiger partial charge in [-0.15, -0.1) is 0 Å². The van der Waals surface area contributed by atoms with Crippen molar-refractivity contribution < 1.29 is 0 Å². The number of nitrogens with two attached hydrogens (primary N) is 1. The van der Waals surface area contributed by atoms with Gasteiger partial charge in [-0.25, -0.2) is 4.98 Å². The fourth-order valence-electron chi connectivity index (χ4n) is 1.11. The minimum Gasteiger partial charge on any atom is -0.398 e. The maximum Gasteiger partial charge on any atom is 0.170 e. The Balaban J connectivity index is 2.27. The molecule has 1 aromatic carbocycles. The predicted molar refractivity (Wildman–Crippen MR) is 58.3 cm³/mol. The van der Waals surface area contributed by atoms with Gasteiger partial charge in [0.2, 0.25) is 0 Å². The van der Waals surface area contributed by atoms with Gasteiger partial charge in [0.25, 0.3) is 0 Å². The maximum atomic E-state index is 8.81. The molecular formula is C10H8N4S. The number of nitrogens with one attached hydrogen (secondary N) is 1. The number of benzene rings is 1. The molecule has 0 spiro atoms. The van der Waals surface area contributed by atoms with Crippen LogP contribution in [0.15, 0.2) is 40.6 Å². The molecule has 15 heavy (non-hydrogen) atoms. The van der Waals surface area contributed by atoms with E-state index >= 15 is 0 Å². The highest BCUT2D eigenvalue weighted by Crippen LogP contribution is 2.26. The van der Waals surface area contributed by atoms with Gasteiger partial charge < -0.3 is 10.7 Å². The molecule has 74 valence electrons. The number of H-pyrrole nitrogens is 1. The number of anilines is 1. The largest absolute Gasteiger partial charge is 0.398 e. The molecule has 0 amide bonds. The Morgan fingerprint density at radius 3 is 3.00 bits per heavy atom. The Hall–Kier alpha value is -1.93. The Labute approximate surface area is 91.1 Å². The normalized spacial score (nSPS) is 9.80. The number of nitrogens with zero attached hydrogens (tertiary/aromatic N) is 2. The van der Waals surface area contributed by atoms with Crippen molar-refractivity contribution in [3.8, 4) is 6.07 Å². The van der Waals surface area contributed by atoms with Gasteiger partial charge in [-0.05, 0) is 18.2 Å². The van der Waals surface area contributed by atoms with Gasteiger partial charge >= 0.3 is 0 Å². The first-order valence-electron chi connectivity index (χ1n) is 4.26. The van der Waals surface area contributed by atoms with Gasteiger partial charge in [-0.2, -0.15) is 5.26 Å². The number of imidazole rings is 1. The predicted octanol–water partition coefficient (Wildman–Crippen LogP) is 2.01. The fraction of sp³-hybridized carbons (Fsp3) is 0. The van der Waals surface area contributed by atoms with Crippen molar-refractivity contribution in [3.63, 3.8) is 0 Å². The number of nitriles is 1.